The van der Waals surface area contributed by atoms with E-state index in [1.807, 2.05) is 0 Å². The summed E-state index contributed by atoms with van der Waals surface area (Å²) in [6.07, 6.45) is 6.53. The van der Waals surface area contributed by atoms with E-state index in [2.05, 4.69) is 39.2 Å². The average Bonchev–Trinajstić information content (AvgIpc) is 3.03. The Bertz CT molecular complexity index is 592. The summed E-state index contributed by atoms with van der Waals surface area (Å²) in [6, 6.07) is 9.32. The average molecular weight is 469 g/mol. The van der Waals surface area contributed by atoms with Gasteiger partial charge >= 0.3 is 0 Å². The van der Waals surface area contributed by atoms with Crippen LogP contribution in [0.25, 0.3) is 0 Å². The lowest BCUT2D eigenvalue weighted by Gasteiger charge is -2.29. The van der Waals surface area contributed by atoms with Gasteiger partial charge in [-0.05, 0) is 62.7 Å². The lowest BCUT2D eigenvalue weighted by atomic mass is 10.1. The van der Waals surface area contributed by atoms with Crippen LogP contribution in [0, 0.1) is 0 Å². The fraction of sp³-hybridized carbons (Fsp3) is 0.579. The maximum Gasteiger partial charge on any atom is 0.185 e. The molecule has 1 aromatic carbocycles. The molecule has 168 valence electrons. The Balaban J connectivity index is 0. The molecule has 1 unspecified atom stereocenters. The Labute approximate surface area is 193 Å². The number of benzene rings is 1. The Hall–Kier alpha value is -1.41. The van der Waals surface area contributed by atoms with Crippen LogP contribution in [-0.2, 0) is 6.42 Å². The van der Waals surface area contributed by atoms with Gasteiger partial charge in [-0.3, -0.25) is 14.9 Å². The summed E-state index contributed by atoms with van der Waals surface area (Å²) in [5, 5.41) is 0. The van der Waals surface area contributed by atoms with Gasteiger partial charge in [0.25, 0.3) is 0 Å². The number of hydrogen-bond donors (Lipinski definition) is 4. The Morgan fingerprint density at radius 1 is 0.828 bits per heavy atom. The van der Waals surface area contributed by atoms with Gasteiger partial charge in [0.1, 0.15) is 0 Å². The van der Waals surface area contributed by atoms with Crippen LogP contribution in [0.5, 0.6) is 0 Å². The number of aliphatic imine (C=N–C) groups is 2. The minimum absolute atomic E-state index is 0. The number of rotatable bonds is 11. The molecule has 8 N–H and O–H groups in total. The summed E-state index contributed by atoms with van der Waals surface area (Å²) >= 11 is 0. The van der Waals surface area contributed by atoms with E-state index in [4.69, 9.17) is 22.9 Å². The van der Waals surface area contributed by atoms with Crippen LogP contribution in [0.4, 0.5) is 0 Å². The van der Waals surface area contributed by atoms with Gasteiger partial charge in [-0.2, -0.15) is 0 Å². The second-order valence-corrected chi connectivity index (χ2v) is 6.82. The molecule has 1 aromatic rings. The van der Waals surface area contributed by atoms with Crippen molar-refractivity contribution in [2.75, 3.05) is 26.2 Å². The van der Waals surface area contributed by atoms with Gasteiger partial charge in [0.05, 0.1) is 0 Å². The second kappa shape index (κ2) is 16.4. The van der Waals surface area contributed by atoms with E-state index in [0.29, 0.717) is 19.1 Å². The normalized spacial score (nSPS) is 14.0. The lowest BCUT2D eigenvalue weighted by molar-refractivity contribution is 0.190. The standard InChI is InChI=1S/C19H33N7.3ClH/c20-18(21)24-11-3-5-13-26(14-6-4-12-25-19(22)23)17-10-9-15-7-1-2-8-16(15)17;;;/h1-2,7-8,17H,3-6,9-14H2,(H4,20,21,24)(H4,22,23,25);3*1H. The molecule has 7 nitrogen and oxygen atoms in total. The lowest BCUT2D eigenvalue weighted by Crippen LogP contribution is -2.30. The van der Waals surface area contributed by atoms with Gasteiger partial charge in [0, 0.05) is 19.1 Å². The van der Waals surface area contributed by atoms with E-state index in [9.17, 15) is 0 Å². The zero-order valence-corrected chi connectivity index (χ0v) is 19.3. The Morgan fingerprint density at radius 2 is 1.34 bits per heavy atom. The van der Waals surface area contributed by atoms with Crippen LogP contribution in [0.15, 0.2) is 34.3 Å². The minimum atomic E-state index is 0. The highest BCUT2D eigenvalue weighted by Gasteiger charge is 2.26. The summed E-state index contributed by atoms with van der Waals surface area (Å²) in [6.45, 7) is 3.51. The summed E-state index contributed by atoms with van der Waals surface area (Å²) in [4.78, 5) is 10.8. The van der Waals surface area contributed by atoms with Crippen molar-refractivity contribution >= 4 is 49.1 Å². The maximum atomic E-state index is 5.39. The Kier molecular flexibility index (Phi) is 16.8. The number of aryl methyl sites for hydroxylation is 1. The molecule has 29 heavy (non-hydrogen) atoms. The topological polar surface area (TPSA) is 132 Å². The van der Waals surface area contributed by atoms with Crippen LogP contribution in [0.3, 0.4) is 0 Å². The van der Waals surface area contributed by atoms with Gasteiger partial charge in [0.2, 0.25) is 0 Å². The van der Waals surface area contributed by atoms with E-state index in [1.54, 1.807) is 0 Å². The molecule has 0 bridgehead atoms. The van der Waals surface area contributed by atoms with Crippen molar-refractivity contribution in [1.29, 1.82) is 0 Å². The molecule has 0 amide bonds. The number of fused-ring (bicyclic) bond motifs is 1. The van der Waals surface area contributed by atoms with E-state index >= 15 is 0 Å². The van der Waals surface area contributed by atoms with Crippen molar-refractivity contribution in [3.8, 4) is 0 Å². The van der Waals surface area contributed by atoms with Crippen LogP contribution in [0.2, 0.25) is 0 Å². The molecule has 0 aliphatic heterocycles. The number of nitrogens with zero attached hydrogens (tertiary/aromatic N) is 3. The molecular formula is C19H36Cl3N7. The zero-order valence-electron chi connectivity index (χ0n) is 16.8. The largest absolute Gasteiger partial charge is 0.370 e. The highest BCUT2D eigenvalue weighted by atomic mass is 35.5. The van der Waals surface area contributed by atoms with Crippen molar-refractivity contribution in [3.05, 3.63) is 35.4 Å². The van der Waals surface area contributed by atoms with Crippen LogP contribution in [-0.4, -0.2) is 43.0 Å². The maximum absolute atomic E-state index is 5.39. The monoisotopic (exact) mass is 467 g/mol. The number of unbranched alkanes of at least 4 members (excludes halogenated alkanes) is 2. The van der Waals surface area contributed by atoms with Gasteiger partial charge in [-0.15, -0.1) is 37.2 Å². The summed E-state index contributed by atoms with van der Waals surface area (Å²) in [5.41, 5.74) is 24.5. The molecule has 1 aliphatic carbocycles. The number of hydrogen-bond acceptors (Lipinski definition) is 3. The van der Waals surface area contributed by atoms with Crippen LogP contribution >= 0.6 is 37.2 Å². The molecule has 0 heterocycles. The molecule has 0 aromatic heterocycles. The molecule has 1 aliphatic rings. The number of guanidine groups is 2. The number of nitrogens with two attached hydrogens (primary N) is 4. The molecule has 1 atom stereocenters. The van der Waals surface area contributed by atoms with E-state index in [0.717, 1.165) is 38.8 Å². The first-order valence-electron chi connectivity index (χ1n) is 9.50. The fourth-order valence-electron chi connectivity index (χ4n) is 3.61. The van der Waals surface area contributed by atoms with Gasteiger partial charge < -0.3 is 22.9 Å². The smallest absolute Gasteiger partial charge is 0.185 e. The molecule has 10 heteroatoms. The van der Waals surface area contributed by atoms with Crippen molar-refractivity contribution in [2.24, 2.45) is 32.9 Å². The van der Waals surface area contributed by atoms with Crippen LogP contribution in [0.1, 0.15) is 49.3 Å². The molecule has 0 saturated carbocycles. The minimum Gasteiger partial charge on any atom is -0.370 e. The molecule has 2 rings (SSSR count). The third-order valence-corrected chi connectivity index (χ3v) is 4.84. The highest BCUT2D eigenvalue weighted by Crippen LogP contribution is 2.35. The van der Waals surface area contributed by atoms with Crippen molar-refractivity contribution in [2.45, 2.75) is 44.6 Å². The van der Waals surface area contributed by atoms with Crippen molar-refractivity contribution < 1.29 is 0 Å². The molecule has 0 radical (unpaired) electrons. The summed E-state index contributed by atoms with van der Waals surface area (Å²) in [7, 11) is 0. The predicted octanol–water partition coefficient (Wildman–Crippen LogP) is 2.35. The zero-order chi connectivity index (χ0) is 18.8. The summed E-state index contributed by atoms with van der Waals surface area (Å²) in [5.74, 6) is 0.345. The number of halogens is 3. The first kappa shape index (κ1) is 29.8. The van der Waals surface area contributed by atoms with Crippen molar-refractivity contribution in [1.82, 2.24) is 4.90 Å². The van der Waals surface area contributed by atoms with Crippen molar-refractivity contribution in [3.63, 3.8) is 0 Å². The van der Waals surface area contributed by atoms with Crippen LogP contribution < -0.4 is 22.9 Å². The molecule has 0 saturated heterocycles. The second-order valence-electron chi connectivity index (χ2n) is 6.82. The van der Waals surface area contributed by atoms with Gasteiger partial charge in [-0.1, -0.05) is 24.3 Å². The first-order valence-corrected chi connectivity index (χ1v) is 9.50. The quantitative estimate of drug-likeness (QED) is 0.225. The Morgan fingerprint density at radius 3 is 1.86 bits per heavy atom. The third-order valence-electron chi connectivity index (χ3n) is 4.84. The SMILES string of the molecule is Cl.Cl.Cl.NC(N)=NCCCCN(CCCCN=C(N)N)C1CCc2ccccc21. The van der Waals surface area contributed by atoms with E-state index in [1.165, 1.54) is 24.0 Å². The third kappa shape index (κ3) is 10.8. The van der Waals surface area contributed by atoms with E-state index in [-0.39, 0.29) is 49.1 Å². The highest BCUT2D eigenvalue weighted by molar-refractivity contribution is 5.86. The molecular weight excluding hydrogens is 433 g/mol. The molecule has 0 spiro atoms. The molecule has 0 fully saturated rings. The van der Waals surface area contributed by atoms with Gasteiger partial charge in [0.15, 0.2) is 11.9 Å². The van der Waals surface area contributed by atoms with Gasteiger partial charge in [-0.25, -0.2) is 0 Å². The fourth-order valence-corrected chi connectivity index (χ4v) is 3.61. The van der Waals surface area contributed by atoms with E-state index < -0.39 is 0 Å². The predicted molar refractivity (Wildman–Crippen MR) is 131 cm³/mol. The summed E-state index contributed by atoms with van der Waals surface area (Å²) < 4.78 is 0. The first-order chi connectivity index (χ1) is 12.6.